The summed E-state index contributed by atoms with van der Waals surface area (Å²) < 4.78 is 27.1. The Kier molecular flexibility index (Phi) is 7.49. The molecule has 9 heteroatoms. The van der Waals surface area contributed by atoms with Crippen molar-refractivity contribution in [3.05, 3.63) is 48.8 Å². The molecular formula is C20H26N4O3S2. The number of benzene rings is 1. The van der Waals surface area contributed by atoms with Crippen LogP contribution in [-0.4, -0.2) is 52.8 Å². The molecule has 0 saturated carbocycles. The molecule has 2 heterocycles. The molecule has 0 bridgehead atoms. The fraction of sp³-hybridized carbons (Fsp3) is 0.450. The van der Waals surface area contributed by atoms with E-state index in [9.17, 15) is 13.2 Å². The minimum atomic E-state index is -3.54. The third-order valence-electron chi connectivity index (χ3n) is 4.81. The van der Waals surface area contributed by atoms with E-state index in [1.807, 2.05) is 4.90 Å². The molecular weight excluding hydrogens is 408 g/mol. The summed E-state index contributed by atoms with van der Waals surface area (Å²) in [5, 5.41) is 8.77. The lowest BCUT2D eigenvalue weighted by Crippen LogP contribution is -2.33. The van der Waals surface area contributed by atoms with E-state index < -0.39 is 9.84 Å². The zero-order valence-corrected chi connectivity index (χ0v) is 18.0. The first kappa shape index (κ1) is 21.6. The van der Waals surface area contributed by atoms with Crippen molar-refractivity contribution in [3.63, 3.8) is 0 Å². The van der Waals surface area contributed by atoms with Gasteiger partial charge in [0.1, 0.15) is 11.6 Å². The number of hydrogen-bond donors (Lipinski definition) is 0. The van der Waals surface area contributed by atoms with Crippen LogP contribution in [0.25, 0.3) is 0 Å². The Morgan fingerprint density at radius 3 is 2.45 bits per heavy atom. The van der Waals surface area contributed by atoms with E-state index in [0.29, 0.717) is 17.5 Å². The Hall–Kier alpha value is -2.13. The van der Waals surface area contributed by atoms with Crippen LogP contribution in [0.5, 0.6) is 0 Å². The highest BCUT2D eigenvalue weighted by Gasteiger charge is 2.22. The van der Waals surface area contributed by atoms with E-state index in [1.165, 1.54) is 24.6 Å². The molecule has 1 aromatic heterocycles. The number of carbonyl (C=O) groups excluding carboxylic acids is 1. The number of thioether (sulfide) groups is 1. The van der Waals surface area contributed by atoms with Crippen molar-refractivity contribution >= 4 is 27.5 Å². The molecule has 0 unspecified atom stereocenters. The van der Waals surface area contributed by atoms with Crippen molar-refractivity contribution in [2.75, 3.05) is 18.8 Å². The third-order valence-corrected chi connectivity index (χ3v) is 7.39. The van der Waals surface area contributed by atoms with E-state index in [2.05, 4.69) is 16.8 Å². The average Bonchev–Trinajstić information content (AvgIpc) is 2.92. The van der Waals surface area contributed by atoms with Gasteiger partial charge in [-0.05, 0) is 25.0 Å². The number of carbonyl (C=O) groups is 1. The van der Waals surface area contributed by atoms with Crippen LogP contribution in [0.2, 0.25) is 0 Å². The van der Waals surface area contributed by atoms with Gasteiger partial charge in [0.2, 0.25) is 5.91 Å². The van der Waals surface area contributed by atoms with Crippen molar-refractivity contribution in [2.24, 2.45) is 0 Å². The van der Waals surface area contributed by atoms with Crippen LogP contribution in [0.3, 0.4) is 0 Å². The first-order valence-electron chi connectivity index (χ1n) is 9.72. The number of sulfone groups is 1. The Labute approximate surface area is 176 Å². The predicted molar refractivity (Wildman–Crippen MR) is 113 cm³/mol. The van der Waals surface area contributed by atoms with Crippen molar-refractivity contribution in [1.82, 2.24) is 19.7 Å². The molecule has 0 radical (unpaired) electrons. The fourth-order valence-electron chi connectivity index (χ4n) is 3.26. The van der Waals surface area contributed by atoms with Crippen LogP contribution in [-0.2, 0) is 26.9 Å². The van der Waals surface area contributed by atoms with Crippen LogP contribution in [0.4, 0.5) is 0 Å². The summed E-state index contributed by atoms with van der Waals surface area (Å²) in [5.41, 5.74) is 0. The number of aromatic nitrogens is 3. The molecule has 156 valence electrons. The molecule has 2 aromatic rings. The summed E-state index contributed by atoms with van der Waals surface area (Å²) in [6.07, 6.45) is 6.10. The van der Waals surface area contributed by atoms with E-state index in [-0.39, 0.29) is 22.3 Å². The van der Waals surface area contributed by atoms with Crippen LogP contribution in [0.1, 0.15) is 31.5 Å². The largest absolute Gasteiger partial charge is 0.342 e. The van der Waals surface area contributed by atoms with Gasteiger partial charge in [0.25, 0.3) is 0 Å². The smallest absolute Gasteiger partial charge is 0.233 e. The van der Waals surface area contributed by atoms with E-state index in [0.717, 1.165) is 25.9 Å². The Morgan fingerprint density at radius 2 is 1.79 bits per heavy atom. The Bertz CT molecular complexity index is 934. The summed E-state index contributed by atoms with van der Waals surface area (Å²) >= 11 is 1.29. The molecule has 1 aliphatic heterocycles. The van der Waals surface area contributed by atoms with Gasteiger partial charge < -0.3 is 9.47 Å². The second-order valence-electron chi connectivity index (χ2n) is 6.95. The van der Waals surface area contributed by atoms with Gasteiger partial charge in [-0.3, -0.25) is 4.79 Å². The molecule has 0 N–H and O–H groups in total. The lowest BCUT2D eigenvalue weighted by molar-refractivity contribution is -0.128. The maximum atomic E-state index is 12.7. The summed E-state index contributed by atoms with van der Waals surface area (Å²) in [5.74, 6) is 0.445. The number of rotatable bonds is 8. The monoisotopic (exact) mass is 434 g/mol. The van der Waals surface area contributed by atoms with Gasteiger partial charge >= 0.3 is 0 Å². The second kappa shape index (κ2) is 10.1. The van der Waals surface area contributed by atoms with Gasteiger partial charge in [0.05, 0.1) is 10.6 Å². The molecule has 29 heavy (non-hydrogen) atoms. The van der Waals surface area contributed by atoms with E-state index in [1.54, 1.807) is 41.0 Å². The molecule has 1 amide bonds. The van der Waals surface area contributed by atoms with Crippen LogP contribution in [0, 0.1) is 0 Å². The lowest BCUT2D eigenvalue weighted by Gasteiger charge is -2.19. The molecule has 1 saturated heterocycles. The van der Waals surface area contributed by atoms with Crippen LogP contribution in [0.15, 0.2) is 53.0 Å². The van der Waals surface area contributed by atoms with Crippen LogP contribution < -0.4 is 0 Å². The van der Waals surface area contributed by atoms with Gasteiger partial charge in [-0.2, -0.15) is 0 Å². The molecule has 7 nitrogen and oxygen atoms in total. The summed E-state index contributed by atoms with van der Waals surface area (Å²) in [6.45, 7) is 5.73. The summed E-state index contributed by atoms with van der Waals surface area (Å²) in [7, 11) is -3.54. The molecule has 1 aromatic carbocycles. The standard InChI is InChI=1S/C20H26N4O3S2/c1-2-12-24-18(16-29(26,27)17-10-6-5-7-11-17)21-22-20(24)28-15-19(25)23-13-8-3-4-9-14-23/h2,5-7,10-11H,1,3-4,8-9,12-16H2. The minimum Gasteiger partial charge on any atom is -0.342 e. The average molecular weight is 435 g/mol. The number of nitrogens with zero attached hydrogens (tertiary/aromatic N) is 4. The maximum Gasteiger partial charge on any atom is 0.233 e. The van der Waals surface area contributed by atoms with E-state index in [4.69, 9.17) is 0 Å². The molecule has 0 spiro atoms. The Balaban J connectivity index is 1.71. The summed E-state index contributed by atoms with van der Waals surface area (Å²) in [6, 6.07) is 8.29. The second-order valence-corrected chi connectivity index (χ2v) is 9.89. The molecule has 3 rings (SSSR count). The van der Waals surface area contributed by atoms with Gasteiger partial charge in [-0.25, -0.2) is 8.42 Å². The molecule has 0 atom stereocenters. The van der Waals surface area contributed by atoms with Crippen molar-refractivity contribution in [2.45, 2.75) is 48.0 Å². The molecule has 1 fully saturated rings. The quantitative estimate of drug-likeness (QED) is 0.469. The highest BCUT2D eigenvalue weighted by molar-refractivity contribution is 7.99. The highest BCUT2D eigenvalue weighted by atomic mass is 32.2. The lowest BCUT2D eigenvalue weighted by atomic mass is 10.2. The van der Waals surface area contributed by atoms with Crippen molar-refractivity contribution in [1.29, 1.82) is 0 Å². The maximum absolute atomic E-state index is 12.7. The minimum absolute atomic E-state index is 0.0866. The normalized spacial score (nSPS) is 15.1. The topological polar surface area (TPSA) is 85.2 Å². The van der Waals surface area contributed by atoms with Crippen molar-refractivity contribution in [3.8, 4) is 0 Å². The number of allylic oxidation sites excluding steroid dienone is 1. The number of likely N-dealkylation sites (tertiary alicyclic amines) is 1. The number of hydrogen-bond acceptors (Lipinski definition) is 6. The van der Waals surface area contributed by atoms with Gasteiger partial charge in [0.15, 0.2) is 15.0 Å². The predicted octanol–water partition coefficient (Wildman–Crippen LogP) is 2.93. The SMILES string of the molecule is C=CCn1c(CS(=O)(=O)c2ccccc2)nnc1SCC(=O)N1CCCCCC1. The Morgan fingerprint density at radius 1 is 1.10 bits per heavy atom. The zero-order valence-electron chi connectivity index (χ0n) is 16.4. The fourth-order valence-corrected chi connectivity index (χ4v) is 5.43. The van der Waals surface area contributed by atoms with E-state index >= 15 is 0 Å². The van der Waals surface area contributed by atoms with Gasteiger partial charge in [-0.1, -0.05) is 48.9 Å². The van der Waals surface area contributed by atoms with Gasteiger partial charge in [0, 0.05) is 19.6 Å². The van der Waals surface area contributed by atoms with Crippen LogP contribution >= 0.6 is 11.8 Å². The zero-order chi connectivity index (χ0) is 20.7. The first-order valence-corrected chi connectivity index (χ1v) is 12.4. The molecule has 1 aliphatic rings. The third kappa shape index (κ3) is 5.70. The van der Waals surface area contributed by atoms with Gasteiger partial charge in [-0.15, -0.1) is 16.8 Å². The van der Waals surface area contributed by atoms with Crippen molar-refractivity contribution < 1.29 is 13.2 Å². The molecule has 0 aliphatic carbocycles. The highest BCUT2D eigenvalue weighted by Crippen LogP contribution is 2.22. The number of amides is 1. The first-order chi connectivity index (χ1) is 14.0. The summed E-state index contributed by atoms with van der Waals surface area (Å²) in [4.78, 5) is 14.7.